The Morgan fingerprint density at radius 3 is 3.00 bits per heavy atom. The fourth-order valence-electron chi connectivity index (χ4n) is 2.00. The van der Waals surface area contributed by atoms with Crippen LogP contribution >= 0.6 is 0 Å². The Balaban J connectivity index is 2.39. The van der Waals surface area contributed by atoms with Gasteiger partial charge in [0.15, 0.2) is 0 Å². The Morgan fingerprint density at radius 2 is 2.27 bits per heavy atom. The molecular formula is C12H24N2O. The number of unbranched alkanes of at least 4 members (excludes halogenated alkanes) is 2. The summed E-state index contributed by atoms with van der Waals surface area (Å²) >= 11 is 0. The molecule has 1 atom stereocenters. The van der Waals surface area contributed by atoms with E-state index in [2.05, 4.69) is 17.1 Å². The van der Waals surface area contributed by atoms with Gasteiger partial charge in [-0.2, -0.15) is 0 Å². The van der Waals surface area contributed by atoms with Gasteiger partial charge < -0.3 is 10.2 Å². The zero-order valence-corrected chi connectivity index (χ0v) is 10.1. The number of nitrogens with one attached hydrogen (secondary N) is 1. The average Bonchev–Trinajstić information content (AvgIpc) is 2.23. The van der Waals surface area contributed by atoms with Crippen molar-refractivity contribution in [2.45, 2.75) is 39.5 Å². The summed E-state index contributed by atoms with van der Waals surface area (Å²) in [6.07, 6.45) is 4.70. The Morgan fingerprint density at radius 1 is 1.47 bits per heavy atom. The van der Waals surface area contributed by atoms with E-state index in [0.29, 0.717) is 5.91 Å². The molecular weight excluding hydrogens is 188 g/mol. The Kier molecular flexibility index (Phi) is 5.69. The lowest BCUT2D eigenvalue weighted by Crippen LogP contribution is -2.43. The van der Waals surface area contributed by atoms with Gasteiger partial charge in [0.1, 0.15) is 0 Å². The SMILES string of the molecule is CCCCCN1CCCNCC(C)C1=O. The van der Waals surface area contributed by atoms with Gasteiger partial charge in [-0.15, -0.1) is 0 Å². The van der Waals surface area contributed by atoms with E-state index < -0.39 is 0 Å². The fourth-order valence-corrected chi connectivity index (χ4v) is 2.00. The smallest absolute Gasteiger partial charge is 0.226 e. The maximum absolute atomic E-state index is 12.0. The van der Waals surface area contributed by atoms with E-state index in [1.165, 1.54) is 12.8 Å². The summed E-state index contributed by atoms with van der Waals surface area (Å²) in [7, 11) is 0. The number of rotatable bonds is 4. The lowest BCUT2D eigenvalue weighted by Gasteiger charge is -2.28. The summed E-state index contributed by atoms with van der Waals surface area (Å²) in [5, 5.41) is 3.31. The van der Waals surface area contributed by atoms with Crippen molar-refractivity contribution in [2.24, 2.45) is 5.92 Å². The van der Waals surface area contributed by atoms with E-state index in [-0.39, 0.29) is 5.92 Å². The molecule has 1 aliphatic rings. The van der Waals surface area contributed by atoms with Crippen LogP contribution < -0.4 is 5.32 Å². The van der Waals surface area contributed by atoms with Crippen molar-refractivity contribution < 1.29 is 4.79 Å². The predicted octanol–water partition coefficient (Wildman–Crippen LogP) is 1.63. The second-order valence-electron chi connectivity index (χ2n) is 4.49. The van der Waals surface area contributed by atoms with E-state index in [1.54, 1.807) is 0 Å². The number of amides is 1. The highest BCUT2D eigenvalue weighted by atomic mass is 16.2. The molecule has 0 bridgehead atoms. The van der Waals surface area contributed by atoms with Gasteiger partial charge in [-0.1, -0.05) is 26.7 Å². The van der Waals surface area contributed by atoms with Crippen LogP contribution in [0.3, 0.4) is 0 Å². The minimum absolute atomic E-state index is 0.145. The molecule has 88 valence electrons. The van der Waals surface area contributed by atoms with Crippen LogP contribution in [0.4, 0.5) is 0 Å². The molecule has 0 aromatic heterocycles. The minimum atomic E-state index is 0.145. The molecule has 1 aliphatic heterocycles. The van der Waals surface area contributed by atoms with Crippen LogP contribution in [0, 0.1) is 5.92 Å². The summed E-state index contributed by atoms with van der Waals surface area (Å²) in [4.78, 5) is 14.0. The molecule has 15 heavy (non-hydrogen) atoms. The Labute approximate surface area is 93.2 Å². The molecule has 3 nitrogen and oxygen atoms in total. The summed E-state index contributed by atoms with van der Waals surface area (Å²) in [5.41, 5.74) is 0. The van der Waals surface area contributed by atoms with Crippen molar-refractivity contribution in [2.75, 3.05) is 26.2 Å². The minimum Gasteiger partial charge on any atom is -0.342 e. The summed E-state index contributed by atoms with van der Waals surface area (Å²) in [5.74, 6) is 0.477. The van der Waals surface area contributed by atoms with E-state index in [1.807, 2.05) is 6.92 Å². The van der Waals surface area contributed by atoms with E-state index >= 15 is 0 Å². The molecule has 1 amide bonds. The quantitative estimate of drug-likeness (QED) is 0.718. The first-order valence-electron chi connectivity index (χ1n) is 6.25. The molecule has 0 aromatic carbocycles. The summed E-state index contributed by atoms with van der Waals surface area (Å²) in [6, 6.07) is 0. The highest BCUT2D eigenvalue weighted by Gasteiger charge is 2.21. The van der Waals surface area contributed by atoms with E-state index in [9.17, 15) is 4.79 Å². The van der Waals surface area contributed by atoms with Crippen molar-refractivity contribution >= 4 is 5.91 Å². The number of hydrogen-bond donors (Lipinski definition) is 1. The Bertz CT molecular complexity index is 194. The highest BCUT2D eigenvalue weighted by Crippen LogP contribution is 2.07. The van der Waals surface area contributed by atoms with Crippen molar-refractivity contribution in [3.63, 3.8) is 0 Å². The van der Waals surface area contributed by atoms with Crippen LogP contribution in [0.5, 0.6) is 0 Å². The van der Waals surface area contributed by atoms with Crippen LogP contribution in [0.15, 0.2) is 0 Å². The van der Waals surface area contributed by atoms with Gasteiger partial charge in [0, 0.05) is 25.6 Å². The molecule has 1 rings (SSSR count). The molecule has 3 heteroatoms. The zero-order chi connectivity index (χ0) is 11.1. The average molecular weight is 212 g/mol. The molecule has 1 unspecified atom stereocenters. The van der Waals surface area contributed by atoms with Crippen LogP contribution in [0.1, 0.15) is 39.5 Å². The second kappa shape index (κ2) is 6.83. The normalized spacial score (nSPS) is 23.7. The predicted molar refractivity (Wildman–Crippen MR) is 62.8 cm³/mol. The third kappa shape index (κ3) is 4.20. The lowest BCUT2D eigenvalue weighted by molar-refractivity contribution is -0.135. The summed E-state index contributed by atoms with van der Waals surface area (Å²) in [6.45, 7) is 7.98. The third-order valence-electron chi connectivity index (χ3n) is 3.00. The van der Waals surface area contributed by atoms with E-state index in [0.717, 1.165) is 39.0 Å². The van der Waals surface area contributed by atoms with Gasteiger partial charge in [-0.25, -0.2) is 0 Å². The third-order valence-corrected chi connectivity index (χ3v) is 3.00. The zero-order valence-electron chi connectivity index (χ0n) is 10.1. The summed E-state index contributed by atoms with van der Waals surface area (Å²) < 4.78 is 0. The van der Waals surface area contributed by atoms with Gasteiger partial charge in [0.05, 0.1) is 0 Å². The number of hydrogen-bond acceptors (Lipinski definition) is 2. The van der Waals surface area contributed by atoms with Crippen molar-refractivity contribution in [1.82, 2.24) is 10.2 Å². The topological polar surface area (TPSA) is 32.3 Å². The molecule has 0 aliphatic carbocycles. The van der Waals surface area contributed by atoms with Crippen molar-refractivity contribution in [1.29, 1.82) is 0 Å². The maximum atomic E-state index is 12.0. The highest BCUT2D eigenvalue weighted by molar-refractivity contribution is 5.78. The number of nitrogens with zero attached hydrogens (tertiary/aromatic N) is 1. The molecule has 0 radical (unpaired) electrons. The van der Waals surface area contributed by atoms with Crippen LogP contribution in [0.25, 0.3) is 0 Å². The largest absolute Gasteiger partial charge is 0.342 e. The Hall–Kier alpha value is -0.570. The number of carbonyl (C=O) groups is 1. The molecule has 1 heterocycles. The monoisotopic (exact) mass is 212 g/mol. The first kappa shape index (κ1) is 12.5. The van der Waals surface area contributed by atoms with E-state index in [4.69, 9.17) is 0 Å². The first-order valence-corrected chi connectivity index (χ1v) is 6.25. The first-order chi connectivity index (χ1) is 7.25. The molecule has 1 fully saturated rings. The molecule has 0 aromatic rings. The number of carbonyl (C=O) groups excluding carboxylic acids is 1. The standard InChI is InChI=1S/C12H24N2O/c1-3-4-5-8-14-9-6-7-13-10-11(2)12(14)15/h11,13H,3-10H2,1-2H3. The van der Waals surface area contributed by atoms with Crippen LogP contribution in [-0.2, 0) is 4.79 Å². The van der Waals surface area contributed by atoms with Crippen LogP contribution in [0.2, 0.25) is 0 Å². The van der Waals surface area contributed by atoms with Crippen molar-refractivity contribution in [3.8, 4) is 0 Å². The fraction of sp³-hybridized carbons (Fsp3) is 0.917. The van der Waals surface area contributed by atoms with Gasteiger partial charge in [-0.3, -0.25) is 4.79 Å². The molecule has 0 spiro atoms. The van der Waals surface area contributed by atoms with Gasteiger partial charge >= 0.3 is 0 Å². The van der Waals surface area contributed by atoms with Gasteiger partial charge in [0.2, 0.25) is 5.91 Å². The van der Waals surface area contributed by atoms with Gasteiger partial charge in [-0.05, 0) is 19.4 Å². The second-order valence-corrected chi connectivity index (χ2v) is 4.49. The lowest BCUT2D eigenvalue weighted by atomic mass is 10.1. The molecule has 1 N–H and O–H groups in total. The molecule has 1 saturated heterocycles. The maximum Gasteiger partial charge on any atom is 0.226 e. The van der Waals surface area contributed by atoms with Crippen LogP contribution in [-0.4, -0.2) is 37.0 Å². The molecule has 0 saturated carbocycles. The van der Waals surface area contributed by atoms with Crippen molar-refractivity contribution in [3.05, 3.63) is 0 Å². The van der Waals surface area contributed by atoms with Gasteiger partial charge in [0.25, 0.3) is 0 Å².